The number of phenolic OH excluding ortho intramolecular Hbond substituents is 1. The van der Waals surface area contributed by atoms with E-state index in [2.05, 4.69) is 20.7 Å². The fourth-order valence-corrected chi connectivity index (χ4v) is 4.65. The molecule has 5 rings (SSSR count). The zero-order valence-corrected chi connectivity index (χ0v) is 20.7. The Labute approximate surface area is 218 Å². The number of anilines is 1. The Kier molecular flexibility index (Phi) is 7.16. The van der Waals surface area contributed by atoms with E-state index < -0.39 is 30.2 Å². The van der Waals surface area contributed by atoms with Gasteiger partial charge in [-0.05, 0) is 66.9 Å². The zero-order chi connectivity index (χ0) is 26.6. The lowest BCUT2D eigenvalue weighted by molar-refractivity contribution is -0.127. The van der Waals surface area contributed by atoms with Crippen LogP contribution in [0.4, 0.5) is 10.1 Å². The number of phenols is 1. The van der Waals surface area contributed by atoms with Crippen LogP contribution in [0.1, 0.15) is 43.0 Å². The van der Waals surface area contributed by atoms with Crippen molar-refractivity contribution in [2.75, 3.05) is 4.90 Å². The molecule has 4 aromatic rings. The molecule has 196 valence electrons. The summed E-state index contributed by atoms with van der Waals surface area (Å²) in [5, 5.41) is 25.0. The molecule has 11 heteroatoms. The molecule has 0 bridgehead atoms. The van der Waals surface area contributed by atoms with E-state index in [1.807, 2.05) is 0 Å². The summed E-state index contributed by atoms with van der Waals surface area (Å²) in [5.74, 6) is -0.492. The molecule has 0 spiro atoms. The maximum atomic E-state index is 15.1. The van der Waals surface area contributed by atoms with Crippen LogP contribution in [-0.4, -0.2) is 43.2 Å². The number of hydrogen-bond donors (Lipinski definition) is 2. The molecule has 0 saturated heterocycles. The minimum Gasteiger partial charge on any atom is -0.508 e. The fourth-order valence-electron chi connectivity index (χ4n) is 4.65. The second kappa shape index (κ2) is 10.8. The zero-order valence-electron chi connectivity index (χ0n) is 20.7. The lowest BCUT2D eigenvalue weighted by Gasteiger charge is -2.32. The van der Waals surface area contributed by atoms with Crippen LogP contribution in [0.25, 0.3) is 11.6 Å². The summed E-state index contributed by atoms with van der Waals surface area (Å²) in [6, 6.07) is 13.9. The summed E-state index contributed by atoms with van der Waals surface area (Å²) >= 11 is 0. The van der Waals surface area contributed by atoms with Crippen molar-refractivity contribution in [3.8, 4) is 17.3 Å². The maximum Gasteiger partial charge on any atom is 0.251 e. The summed E-state index contributed by atoms with van der Waals surface area (Å²) < 4.78 is 20.7. The van der Waals surface area contributed by atoms with Crippen molar-refractivity contribution in [3.63, 3.8) is 0 Å². The number of nitrogens with zero attached hydrogens (tertiary/aromatic N) is 5. The van der Waals surface area contributed by atoms with Gasteiger partial charge in [0.1, 0.15) is 29.9 Å². The lowest BCUT2D eigenvalue weighted by Crippen LogP contribution is -2.47. The first kappa shape index (κ1) is 25.1. The topological polar surface area (TPSA) is 126 Å². The van der Waals surface area contributed by atoms with E-state index in [9.17, 15) is 14.7 Å². The highest BCUT2D eigenvalue weighted by Gasteiger charge is 2.36. The van der Waals surface area contributed by atoms with Crippen molar-refractivity contribution in [1.29, 1.82) is 0 Å². The molecular formula is C27H27FN6O4. The van der Waals surface area contributed by atoms with Gasteiger partial charge in [0.15, 0.2) is 5.76 Å². The number of aromatic hydroxyl groups is 1. The summed E-state index contributed by atoms with van der Waals surface area (Å²) in [6.07, 6.45) is 3.67. The van der Waals surface area contributed by atoms with Gasteiger partial charge in [-0.1, -0.05) is 37.1 Å². The Balaban J connectivity index is 1.52. The molecule has 1 aliphatic rings. The van der Waals surface area contributed by atoms with Gasteiger partial charge in [0, 0.05) is 6.04 Å². The molecule has 1 saturated carbocycles. The number of carbonyl (C=O) groups excluding carboxylic acids is 2. The molecule has 2 amide bonds. The van der Waals surface area contributed by atoms with Gasteiger partial charge in [-0.3, -0.25) is 14.5 Å². The van der Waals surface area contributed by atoms with Crippen LogP contribution in [0.2, 0.25) is 0 Å². The molecule has 0 aliphatic heterocycles. The molecule has 0 radical (unpaired) electrons. The summed E-state index contributed by atoms with van der Waals surface area (Å²) in [5.41, 5.74) is 0.340. The predicted molar refractivity (Wildman–Crippen MR) is 135 cm³/mol. The molecule has 2 N–H and O–H groups in total. The van der Waals surface area contributed by atoms with Crippen molar-refractivity contribution in [1.82, 2.24) is 25.5 Å². The van der Waals surface area contributed by atoms with Crippen molar-refractivity contribution >= 4 is 17.5 Å². The average Bonchev–Trinajstić information content (AvgIpc) is 3.67. The molecular weight excluding hydrogens is 491 g/mol. The van der Waals surface area contributed by atoms with E-state index in [4.69, 9.17) is 4.42 Å². The van der Waals surface area contributed by atoms with Gasteiger partial charge >= 0.3 is 0 Å². The van der Waals surface area contributed by atoms with Crippen LogP contribution in [0, 0.1) is 12.7 Å². The van der Waals surface area contributed by atoms with Crippen LogP contribution in [0.5, 0.6) is 5.75 Å². The number of furan rings is 1. The largest absolute Gasteiger partial charge is 0.508 e. The molecule has 38 heavy (non-hydrogen) atoms. The smallest absolute Gasteiger partial charge is 0.251 e. The second-order valence-corrected chi connectivity index (χ2v) is 9.25. The maximum absolute atomic E-state index is 15.1. The van der Waals surface area contributed by atoms with E-state index in [1.165, 1.54) is 30.3 Å². The van der Waals surface area contributed by atoms with Crippen molar-refractivity contribution in [2.24, 2.45) is 0 Å². The van der Waals surface area contributed by atoms with Crippen molar-refractivity contribution in [3.05, 3.63) is 77.8 Å². The summed E-state index contributed by atoms with van der Waals surface area (Å²) in [4.78, 5) is 29.7. The Hall–Kier alpha value is -4.54. The fraction of sp³-hybridized carbons (Fsp3) is 0.296. The average molecular weight is 519 g/mol. The number of carbonyl (C=O) groups is 2. The molecule has 2 aromatic carbocycles. The van der Waals surface area contributed by atoms with Gasteiger partial charge in [0.2, 0.25) is 11.7 Å². The Morgan fingerprint density at radius 1 is 1.13 bits per heavy atom. The van der Waals surface area contributed by atoms with Crippen molar-refractivity contribution in [2.45, 2.75) is 51.2 Å². The molecule has 10 nitrogen and oxygen atoms in total. The SMILES string of the molecule is Cc1ccc(-c2nnn(CC(=O)N(c3ccccc3F)[C@H](C(=O)NC3CCCC3)c3ccc(O)cc3)n2)o1. The highest BCUT2D eigenvalue weighted by Crippen LogP contribution is 2.32. The number of hydrogen-bond acceptors (Lipinski definition) is 7. The van der Waals surface area contributed by atoms with Gasteiger partial charge < -0.3 is 14.8 Å². The lowest BCUT2D eigenvalue weighted by atomic mass is 10.0. The molecule has 1 fully saturated rings. The second-order valence-electron chi connectivity index (χ2n) is 9.25. The van der Waals surface area contributed by atoms with E-state index in [0.29, 0.717) is 17.1 Å². The highest BCUT2D eigenvalue weighted by atomic mass is 19.1. The number of aryl methyl sites for hydroxylation is 1. The summed E-state index contributed by atoms with van der Waals surface area (Å²) in [7, 11) is 0. The first-order valence-corrected chi connectivity index (χ1v) is 12.4. The number of halogens is 1. The molecule has 2 aromatic heterocycles. The normalized spacial score (nSPS) is 14.4. The first-order chi connectivity index (χ1) is 18.4. The molecule has 1 atom stereocenters. The van der Waals surface area contributed by atoms with Gasteiger partial charge in [-0.25, -0.2) is 4.39 Å². The van der Waals surface area contributed by atoms with Gasteiger partial charge in [0.05, 0.1) is 5.69 Å². The minimum absolute atomic E-state index is 0.0000212. The van der Waals surface area contributed by atoms with E-state index in [1.54, 1.807) is 37.3 Å². The number of rotatable bonds is 8. The summed E-state index contributed by atoms with van der Waals surface area (Å²) in [6.45, 7) is 1.37. The van der Waals surface area contributed by atoms with Crippen LogP contribution in [0.3, 0.4) is 0 Å². The standard InChI is InChI=1S/C27H27FN6O4/c1-17-10-15-23(38-17)26-30-32-33(31-26)16-24(36)34(22-9-5-4-8-21(22)28)25(18-11-13-20(35)14-12-18)27(37)29-19-6-2-3-7-19/h4-5,8-15,19,25,35H,2-3,6-7,16H2,1H3,(H,29,37)/t25-/m0/s1. The third kappa shape index (κ3) is 5.41. The van der Waals surface area contributed by atoms with Gasteiger partial charge in [0.25, 0.3) is 5.91 Å². The van der Waals surface area contributed by atoms with Crippen LogP contribution >= 0.6 is 0 Å². The minimum atomic E-state index is -1.21. The van der Waals surface area contributed by atoms with Crippen LogP contribution in [0.15, 0.2) is 65.1 Å². The van der Waals surface area contributed by atoms with Crippen LogP contribution < -0.4 is 10.2 Å². The van der Waals surface area contributed by atoms with Crippen molar-refractivity contribution < 1.29 is 23.5 Å². The quantitative estimate of drug-likeness (QED) is 0.362. The number of para-hydroxylation sites is 1. The van der Waals surface area contributed by atoms with Gasteiger partial charge in [-0.2, -0.15) is 4.80 Å². The molecule has 1 aliphatic carbocycles. The van der Waals surface area contributed by atoms with E-state index >= 15 is 4.39 Å². The molecule has 0 unspecified atom stereocenters. The number of tetrazole rings is 1. The Morgan fingerprint density at radius 2 is 1.87 bits per heavy atom. The first-order valence-electron chi connectivity index (χ1n) is 12.4. The van der Waals surface area contributed by atoms with Crippen LogP contribution in [-0.2, 0) is 16.1 Å². The van der Waals surface area contributed by atoms with E-state index in [0.717, 1.165) is 35.4 Å². The third-order valence-electron chi connectivity index (χ3n) is 6.49. The number of amides is 2. The number of nitrogens with one attached hydrogen (secondary N) is 1. The Bertz CT molecular complexity index is 1430. The number of aromatic nitrogens is 4. The number of benzene rings is 2. The third-order valence-corrected chi connectivity index (χ3v) is 6.49. The molecule has 2 heterocycles. The van der Waals surface area contributed by atoms with Gasteiger partial charge in [-0.15, -0.1) is 10.2 Å². The van der Waals surface area contributed by atoms with E-state index in [-0.39, 0.29) is 23.3 Å². The monoisotopic (exact) mass is 518 g/mol. The Morgan fingerprint density at radius 3 is 2.55 bits per heavy atom. The highest BCUT2D eigenvalue weighted by molar-refractivity contribution is 6.01. The predicted octanol–water partition coefficient (Wildman–Crippen LogP) is 3.92.